The van der Waals surface area contributed by atoms with Crippen LogP contribution in [0.3, 0.4) is 0 Å². The van der Waals surface area contributed by atoms with E-state index in [9.17, 15) is 4.79 Å². The molecule has 0 aliphatic rings. The molecule has 1 aromatic carbocycles. The van der Waals surface area contributed by atoms with E-state index in [2.05, 4.69) is 26.2 Å². The fourth-order valence-electron chi connectivity index (χ4n) is 1.22. The predicted octanol–water partition coefficient (Wildman–Crippen LogP) is 3.46. The first-order chi connectivity index (χ1) is 8.24. The van der Waals surface area contributed by atoms with E-state index >= 15 is 0 Å². The van der Waals surface area contributed by atoms with Crippen LogP contribution in [0.2, 0.25) is 0 Å². The van der Waals surface area contributed by atoms with Gasteiger partial charge in [-0.1, -0.05) is 18.2 Å². The molecule has 0 unspecified atom stereocenters. The Bertz CT molecular complexity index is 517. The highest BCUT2D eigenvalue weighted by Gasteiger charge is 2.04. The summed E-state index contributed by atoms with van der Waals surface area (Å²) in [4.78, 5) is 15.4. The Balaban J connectivity index is 1.98. The Kier molecular flexibility index (Phi) is 3.72. The van der Waals surface area contributed by atoms with Gasteiger partial charge >= 0.3 is 6.09 Å². The summed E-state index contributed by atoms with van der Waals surface area (Å²) in [7, 11) is 0. The quantitative estimate of drug-likeness (QED) is 0.922. The second-order valence-corrected chi connectivity index (χ2v) is 4.14. The van der Waals surface area contributed by atoms with E-state index < -0.39 is 6.09 Å². The van der Waals surface area contributed by atoms with Gasteiger partial charge in [0.05, 0.1) is 11.9 Å². The molecule has 0 fully saturated rings. The number of ether oxygens (including phenoxy) is 1. The second kappa shape index (κ2) is 5.45. The maximum Gasteiger partial charge on any atom is 0.417 e. The highest BCUT2D eigenvalue weighted by Crippen LogP contribution is 2.15. The lowest BCUT2D eigenvalue weighted by Crippen LogP contribution is -2.16. The fourth-order valence-corrected chi connectivity index (χ4v) is 1.58. The van der Waals surface area contributed by atoms with Crippen LogP contribution in [0.25, 0.3) is 0 Å². The van der Waals surface area contributed by atoms with Crippen molar-refractivity contribution in [1.82, 2.24) is 4.98 Å². The molecule has 86 valence electrons. The van der Waals surface area contributed by atoms with Crippen molar-refractivity contribution in [2.24, 2.45) is 0 Å². The molecule has 2 aromatic rings. The Hall–Kier alpha value is -1.88. The number of nitrogens with zero attached hydrogens (tertiary/aromatic N) is 1. The van der Waals surface area contributed by atoms with E-state index in [4.69, 9.17) is 4.74 Å². The van der Waals surface area contributed by atoms with Gasteiger partial charge in [-0.25, -0.2) is 4.79 Å². The van der Waals surface area contributed by atoms with Gasteiger partial charge in [-0.3, -0.25) is 10.3 Å². The summed E-state index contributed by atoms with van der Waals surface area (Å²) in [6.45, 7) is 0. The molecule has 1 aromatic heterocycles. The van der Waals surface area contributed by atoms with Gasteiger partial charge < -0.3 is 4.74 Å². The summed E-state index contributed by atoms with van der Waals surface area (Å²) in [6, 6.07) is 10.6. The van der Waals surface area contributed by atoms with Crippen molar-refractivity contribution >= 4 is 27.7 Å². The first-order valence-electron chi connectivity index (χ1n) is 4.88. The number of pyridine rings is 1. The number of para-hydroxylation sites is 1. The number of rotatable bonds is 2. The van der Waals surface area contributed by atoms with Crippen molar-refractivity contribution in [3.8, 4) is 5.75 Å². The SMILES string of the molecule is O=C(Nc1cncc(Br)c1)Oc1ccccc1. The predicted molar refractivity (Wildman–Crippen MR) is 68.0 cm³/mol. The molecule has 1 N–H and O–H groups in total. The topological polar surface area (TPSA) is 51.2 Å². The van der Waals surface area contributed by atoms with Crippen LogP contribution >= 0.6 is 15.9 Å². The van der Waals surface area contributed by atoms with Gasteiger partial charge in [0, 0.05) is 10.7 Å². The van der Waals surface area contributed by atoms with E-state index in [0.29, 0.717) is 11.4 Å². The monoisotopic (exact) mass is 292 g/mol. The van der Waals surface area contributed by atoms with Crippen LogP contribution in [0.5, 0.6) is 5.75 Å². The van der Waals surface area contributed by atoms with Gasteiger partial charge in [0.25, 0.3) is 0 Å². The van der Waals surface area contributed by atoms with Crippen LogP contribution < -0.4 is 10.1 Å². The number of carbonyl (C=O) groups is 1. The lowest BCUT2D eigenvalue weighted by atomic mass is 10.3. The molecule has 0 radical (unpaired) electrons. The third-order valence-electron chi connectivity index (χ3n) is 1.91. The number of nitrogens with one attached hydrogen (secondary N) is 1. The molecule has 0 bridgehead atoms. The van der Waals surface area contributed by atoms with Crippen molar-refractivity contribution in [2.45, 2.75) is 0 Å². The van der Waals surface area contributed by atoms with Gasteiger partial charge in [0.1, 0.15) is 5.75 Å². The number of aromatic nitrogens is 1. The van der Waals surface area contributed by atoms with Crippen molar-refractivity contribution < 1.29 is 9.53 Å². The van der Waals surface area contributed by atoms with Gasteiger partial charge in [-0.05, 0) is 34.1 Å². The normalized spacial score (nSPS) is 9.71. The molecule has 0 spiro atoms. The first kappa shape index (κ1) is 11.6. The van der Waals surface area contributed by atoms with E-state index in [1.807, 2.05) is 6.07 Å². The van der Waals surface area contributed by atoms with Crippen molar-refractivity contribution in [1.29, 1.82) is 0 Å². The largest absolute Gasteiger partial charge is 0.417 e. The lowest BCUT2D eigenvalue weighted by molar-refractivity contribution is 0.215. The summed E-state index contributed by atoms with van der Waals surface area (Å²) in [5.41, 5.74) is 0.570. The number of carbonyl (C=O) groups excluding carboxylic acids is 1. The van der Waals surface area contributed by atoms with Gasteiger partial charge in [-0.2, -0.15) is 0 Å². The highest BCUT2D eigenvalue weighted by molar-refractivity contribution is 9.10. The molecule has 0 aliphatic carbocycles. The minimum absolute atomic E-state index is 0.493. The van der Waals surface area contributed by atoms with E-state index in [0.717, 1.165) is 4.47 Å². The Morgan fingerprint density at radius 2 is 2.00 bits per heavy atom. The third kappa shape index (κ3) is 3.57. The van der Waals surface area contributed by atoms with Crippen LogP contribution in [-0.4, -0.2) is 11.1 Å². The zero-order valence-electron chi connectivity index (χ0n) is 8.76. The number of halogens is 1. The number of hydrogen-bond acceptors (Lipinski definition) is 3. The molecule has 5 heteroatoms. The minimum Gasteiger partial charge on any atom is -0.410 e. The van der Waals surface area contributed by atoms with Gasteiger partial charge in [-0.15, -0.1) is 0 Å². The molecule has 1 amide bonds. The number of anilines is 1. The lowest BCUT2D eigenvalue weighted by Gasteiger charge is -2.06. The Labute approximate surface area is 107 Å². The molecule has 1 heterocycles. The zero-order chi connectivity index (χ0) is 12.1. The summed E-state index contributed by atoms with van der Waals surface area (Å²) in [5.74, 6) is 0.493. The van der Waals surface area contributed by atoms with Crippen LogP contribution in [0, 0.1) is 0 Å². The van der Waals surface area contributed by atoms with Crippen LogP contribution in [0.15, 0.2) is 53.3 Å². The average Bonchev–Trinajstić information content (AvgIpc) is 2.30. The van der Waals surface area contributed by atoms with Crippen molar-refractivity contribution in [3.05, 3.63) is 53.3 Å². The Morgan fingerprint density at radius 1 is 1.24 bits per heavy atom. The summed E-state index contributed by atoms with van der Waals surface area (Å²) >= 11 is 3.26. The average molecular weight is 293 g/mol. The highest BCUT2D eigenvalue weighted by atomic mass is 79.9. The van der Waals surface area contributed by atoms with Crippen LogP contribution in [0.4, 0.5) is 10.5 Å². The zero-order valence-corrected chi connectivity index (χ0v) is 10.3. The van der Waals surface area contributed by atoms with E-state index in [-0.39, 0.29) is 0 Å². The molecular weight excluding hydrogens is 284 g/mol. The molecule has 0 saturated heterocycles. The number of hydrogen-bond donors (Lipinski definition) is 1. The Morgan fingerprint density at radius 3 is 2.71 bits per heavy atom. The summed E-state index contributed by atoms with van der Waals surface area (Å²) in [6.07, 6.45) is 2.63. The second-order valence-electron chi connectivity index (χ2n) is 3.22. The molecule has 0 saturated carbocycles. The minimum atomic E-state index is -0.545. The van der Waals surface area contributed by atoms with Crippen molar-refractivity contribution in [2.75, 3.05) is 5.32 Å². The molecule has 4 nitrogen and oxygen atoms in total. The molecule has 2 rings (SSSR count). The number of benzene rings is 1. The third-order valence-corrected chi connectivity index (χ3v) is 2.34. The summed E-state index contributed by atoms with van der Waals surface area (Å²) < 4.78 is 5.85. The fraction of sp³-hybridized carbons (Fsp3) is 0. The van der Waals surface area contributed by atoms with Crippen LogP contribution in [0.1, 0.15) is 0 Å². The summed E-state index contributed by atoms with van der Waals surface area (Å²) in [5, 5.41) is 2.58. The smallest absolute Gasteiger partial charge is 0.410 e. The first-order valence-corrected chi connectivity index (χ1v) is 5.68. The van der Waals surface area contributed by atoms with E-state index in [1.165, 1.54) is 6.20 Å². The van der Waals surface area contributed by atoms with E-state index in [1.54, 1.807) is 36.5 Å². The van der Waals surface area contributed by atoms with Gasteiger partial charge in [0.15, 0.2) is 0 Å². The van der Waals surface area contributed by atoms with Crippen LogP contribution in [-0.2, 0) is 0 Å². The van der Waals surface area contributed by atoms with Crippen molar-refractivity contribution in [3.63, 3.8) is 0 Å². The maximum absolute atomic E-state index is 11.5. The molecule has 17 heavy (non-hydrogen) atoms. The molecular formula is C12H9BrN2O2. The van der Waals surface area contributed by atoms with Gasteiger partial charge in [0.2, 0.25) is 0 Å². The standard InChI is InChI=1S/C12H9BrN2O2/c13-9-6-10(8-14-7-9)15-12(16)17-11-4-2-1-3-5-11/h1-8H,(H,15,16). The maximum atomic E-state index is 11.5. The molecule has 0 atom stereocenters. The molecule has 0 aliphatic heterocycles. The number of amides is 1.